The van der Waals surface area contributed by atoms with Crippen LogP contribution in [0.3, 0.4) is 0 Å². The van der Waals surface area contributed by atoms with Crippen molar-refractivity contribution in [2.45, 2.75) is 6.92 Å². The van der Waals surface area contributed by atoms with Crippen molar-refractivity contribution in [3.63, 3.8) is 0 Å². The maximum absolute atomic E-state index is 11.2. The van der Waals surface area contributed by atoms with Crippen LogP contribution in [0.4, 0.5) is 0 Å². The summed E-state index contributed by atoms with van der Waals surface area (Å²) in [5.74, 6) is 0.560. The second-order valence-electron chi connectivity index (χ2n) is 3.19. The fraction of sp³-hybridized carbons (Fsp3) is 0.250. The second kappa shape index (κ2) is 5.86. The molecule has 1 aromatic rings. The van der Waals surface area contributed by atoms with E-state index in [1.54, 1.807) is 6.08 Å². The van der Waals surface area contributed by atoms with Crippen LogP contribution in [0.1, 0.15) is 5.56 Å². The molecule has 3 nitrogen and oxygen atoms in total. The Morgan fingerprint density at radius 3 is 2.73 bits per heavy atom. The number of carbonyl (C=O) groups is 1. The van der Waals surface area contributed by atoms with E-state index < -0.39 is 0 Å². The molecule has 1 N–H and O–H groups in total. The van der Waals surface area contributed by atoms with Gasteiger partial charge in [0, 0.05) is 6.54 Å². The van der Waals surface area contributed by atoms with E-state index in [9.17, 15) is 4.79 Å². The molecular weight excluding hydrogens is 190 g/mol. The molecule has 1 rings (SSSR count). The van der Waals surface area contributed by atoms with Crippen molar-refractivity contribution >= 4 is 5.91 Å². The topological polar surface area (TPSA) is 38.3 Å². The molecular formula is C12H15NO2. The summed E-state index contributed by atoms with van der Waals surface area (Å²) >= 11 is 0. The Labute approximate surface area is 89.8 Å². The number of carbonyl (C=O) groups excluding carboxylic acids is 1. The third-order valence-corrected chi connectivity index (χ3v) is 1.83. The predicted molar refractivity (Wildman–Crippen MR) is 59.9 cm³/mol. The number of rotatable bonds is 5. The molecule has 0 aliphatic carbocycles. The first-order chi connectivity index (χ1) is 7.22. The van der Waals surface area contributed by atoms with Crippen molar-refractivity contribution in [3.05, 3.63) is 42.5 Å². The molecule has 0 aromatic heterocycles. The number of hydrogen-bond donors (Lipinski definition) is 1. The minimum absolute atomic E-state index is 0.0386. The zero-order valence-corrected chi connectivity index (χ0v) is 8.82. The Kier molecular flexibility index (Phi) is 4.41. The number of benzene rings is 1. The smallest absolute Gasteiger partial charge is 0.258 e. The molecule has 0 saturated heterocycles. The first-order valence-electron chi connectivity index (χ1n) is 4.79. The first-order valence-corrected chi connectivity index (χ1v) is 4.79. The minimum Gasteiger partial charge on any atom is -0.484 e. The Morgan fingerprint density at radius 2 is 2.13 bits per heavy atom. The number of hydrogen-bond acceptors (Lipinski definition) is 2. The van der Waals surface area contributed by atoms with E-state index in [0.29, 0.717) is 12.3 Å². The van der Waals surface area contributed by atoms with E-state index >= 15 is 0 Å². The van der Waals surface area contributed by atoms with Crippen LogP contribution in [0, 0.1) is 6.92 Å². The van der Waals surface area contributed by atoms with E-state index in [1.165, 1.54) is 5.56 Å². The summed E-state index contributed by atoms with van der Waals surface area (Å²) in [7, 11) is 0. The average molecular weight is 205 g/mol. The van der Waals surface area contributed by atoms with Gasteiger partial charge in [-0.25, -0.2) is 0 Å². The van der Waals surface area contributed by atoms with Crippen LogP contribution in [-0.2, 0) is 4.79 Å². The summed E-state index contributed by atoms with van der Waals surface area (Å²) in [4.78, 5) is 11.2. The third kappa shape index (κ3) is 4.31. The maximum Gasteiger partial charge on any atom is 0.258 e. The molecule has 80 valence electrons. The third-order valence-electron chi connectivity index (χ3n) is 1.83. The van der Waals surface area contributed by atoms with Crippen LogP contribution in [0.5, 0.6) is 5.75 Å². The van der Waals surface area contributed by atoms with E-state index in [1.807, 2.05) is 31.2 Å². The number of ether oxygens (including phenoxy) is 1. The number of amides is 1. The van der Waals surface area contributed by atoms with Gasteiger partial charge in [0.05, 0.1) is 0 Å². The van der Waals surface area contributed by atoms with Crippen molar-refractivity contribution in [1.29, 1.82) is 0 Å². The van der Waals surface area contributed by atoms with Gasteiger partial charge in [-0.05, 0) is 19.1 Å². The minimum atomic E-state index is -0.143. The molecule has 0 spiro atoms. The largest absolute Gasteiger partial charge is 0.484 e. The van der Waals surface area contributed by atoms with Gasteiger partial charge in [-0.1, -0.05) is 23.8 Å². The van der Waals surface area contributed by atoms with Gasteiger partial charge >= 0.3 is 0 Å². The monoisotopic (exact) mass is 205 g/mol. The van der Waals surface area contributed by atoms with E-state index in [4.69, 9.17) is 4.74 Å². The fourth-order valence-corrected chi connectivity index (χ4v) is 1.02. The predicted octanol–water partition coefficient (Wildman–Crippen LogP) is 1.68. The lowest BCUT2D eigenvalue weighted by Crippen LogP contribution is -2.28. The van der Waals surface area contributed by atoms with Gasteiger partial charge in [0.2, 0.25) is 0 Å². The van der Waals surface area contributed by atoms with Crippen LogP contribution in [-0.4, -0.2) is 19.1 Å². The Bertz CT molecular complexity index is 330. The summed E-state index contributed by atoms with van der Waals surface area (Å²) in [6.45, 7) is 6.01. The SMILES string of the molecule is C=CCNC(=O)COc1ccc(C)cc1. The average Bonchev–Trinajstić information content (AvgIpc) is 2.25. The molecule has 0 radical (unpaired) electrons. The number of aryl methyl sites for hydroxylation is 1. The second-order valence-corrected chi connectivity index (χ2v) is 3.19. The zero-order chi connectivity index (χ0) is 11.1. The molecule has 0 aliphatic heterocycles. The lowest BCUT2D eigenvalue weighted by molar-refractivity contribution is -0.122. The summed E-state index contributed by atoms with van der Waals surface area (Å²) in [5.41, 5.74) is 1.17. The highest BCUT2D eigenvalue weighted by Gasteiger charge is 2.00. The van der Waals surface area contributed by atoms with Gasteiger partial charge in [-0.2, -0.15) is 0 Å². The van der Waals surface area contributed by atoms with Gasteiger partial charge in [0.15, 0.2) is 6.61 Å². The molecule has 1 aromatic carbocycles. The first kappa shape index (κ1) is 11.3. The highest BCUT2D eigenvalue weighted by atomic mass is 16.5. The van der Waals surface area contributed by atoms with Gasteiger partial charge in [0.1, 0.15) is 5.75 Å². The van der Waals surface area contributed by atoms with Crippen molar-refractivity contribution < 1.29 is 9.53 Å². The van der Waals surface area contributed by atoms with Gasteiger partial charge in [0.25, 0.3) is 5.91 Å². The molecule has 3 heteroatoms. The number of nitrogens with one attached hydrogen (secondary N) is 1. The Hall–Kier alpha value is -1.77. The van der Waals surface area contributed by atoms with Crippen molar-refractivity contribution in [2.24, 2.45) is 0 Å². The molecule has 0 aliphatic rings. The van der Waals surface area contributed by atoms with Crippen LogP contribution in [0.2, 0.25) is 0 Å². The lowest BCUT2D eigenvalue weighted by atomic mass is 10.2. The van der Waals surface area contributed by atoms with Crippen molar-refractivity contribution in [1.82, 2.24) is 5.32 Å². The van der Waals surface area contributed by atoms with Gasteiger partial charge in [-0.3, -0.25) is 4.79 Å². The molecule has 0 heterocycles. The summed E-state index contributed by atoms with van der Waals surface area (Å²) in [6, 6.07) is 7.57. The lowest BCUT2D eigenvalue weighted by Gasteiger charge is -2.06. The maximum atomic E-state index is 11.2. The van der Waals surface area contributed by atoms with Crippen molar-refractivity contribution in [3.8, 4) is 5.75 Å². The van der Waals surface area contributed by atoms with Gasteiger partial charge in [-0.15, -0.1) is 6.58 Å². The summed E-state index contributed by atoms with van der Waals surface area (Å²) < 4.78 is 5.27. The Balaban J connectivity index is 2.33. The Morgan fingerprint density at radius 1 is 1.47 bits per heavy atom. The molecule has 0 bridgehead atoms. The molecule has 1 amide bonds. The highest BCUT2D eigenvalue weighted by molar-refractivity contribution is 5.77. The quantitative estimate of drug-likeness (QED) is 0.743. The normalized spacial score (nSPS) is 9.40. The molecule has 0 fully saturated rings. The van der Waals surface area contributed by atoms with Crippen LogP contribution in [0.15, 0.2) is 36.9 Å². The summed E-state index contributed by atoms with van der Waals surface area (Å²) in [5, 5.41) is 2.63. The fourth-order valence-electron chi connectivity index (χ4n) is 1.02. The zero-order valence-electron chi connectivity index (χ0n) is 8.82. The van der Waals surface area contributed by atoms with Crippen LogP contribution < -0.4 is 10.1 Å². The van der Waals surface area contributed by atoms with Crippen LogP contribution in [0.25, 0.3) is 0 Å². The standard InChI is InChI=1S/C12H15NO2/c1-3-8-13-12(14)9-15-11-6-4-10(2)5-7-11/h3-7H,1,8-9H2,2H3,(H,13,14). The summed E-state index contributed by atoms with van der Waals surface area (Å²) in [6.07, 6.45) is 1.63. The molecule has 0 unspecified atom stereocenters. The van der Waals surface area contributed by atoms with Crippen molar-refractivity contribution in [2.75, 3.05) is 13.2 Å². The van der Waals surface area contributed by atoms with E-state index in [2.05, 4.69) is 11.9 Å². The molecule has 0 atom stereocenters. The van der Waals surface area contributed by atoms with Gasteiger partial charge < -0.3 is 10.1 Å². The highest BCUT2D eigenvalue weighted by Crippen LogP contribution is 2.10. The van der Waals surface area contributed by atoms with E-state index in [-0.39, 0.29) is 12.5 Å². The van der Waals surface area contributed by atoms with Crippen LogP contribution >= 0.6 is 0 Å². The molecule has 0 saturated carbocycles. The molecule has 15 heavy (non-hydrogen) atoms. The van der Waals surface area contributed by atoms with E-state index in [0.717, 1.165) is 0 Å².